The summed E-state index contributed by atoms with van der Waals surface area (Å²) in [5, 5.41) is 0. The second-order valence-corrected chi connectivity index (χ2v) is 4.30. The molecular formula is C13H14O5. The Morgan fingerprint density at radius 3 is 3.06 bits per heavy atom. The molecule has 0 radical (unpaired) electrons. The van der Waals surface area contributed by atoms with E-state index in [1.165, 1.54) is 0 Å². The first kappa shape index (κ1) is 11.3. The van der Waals surface area contributed by atoms with Crippen LogP contribution in [0.2, 0.25) is 0 Å². The van der Waals surface area contributed by atoms with E-state index in [-0.39, 0.29) is 18.9 Å². The Morgan fingerprint density at radius 1 is 1.33 bits per heavy atom. The fourth-order valence-electron chi connectivity index (χ4n) is 2.05. The minimum Gasteiger partial charge on any atom is -0.459 e. The molecular weight excluding hydrogens is 236 g/mol. The lowest BCUT2D eigenvalue weighted by Gasteiger charge is -2.10. The van der Waals surface area contributed by atoms with Gasteiger partial charge in [0.2, 0.25) is 6.79 Å². The number of fused-ring (bicyclic) bond motifs is 1. The first-order chi connectivity index (χ1) is 8.83. The molecule has 2 aliphatic heterocycles. The van der Waals surface area contributed by atoms with Crippen LogP contribution in [0.5, 0.6) is 11.5 Å². The van der Waals surface area contributed by atoms with E-state index in [9.17, 15) is 4.79 Å². The van der Waals surface area contributed by atoms with Gasteiger partial charge in [-0.1, -0.05) is 0 Å². The number of carbonyl (C=O) groups excluding carboxylic acids is 1. The molecule has 1 aromatic rings. The summed E-state index contributed by atoms with van der Waals surface area (Å²) in [6, 6.07) is 5.02. The molecule has 5 heteroatoms. The van der Waals surface area contributed by atoms with Crippen LogP contribution in [0.25, 0.3) is 0 Å². The molecule has 0 aromatic heterocycles. The minimum absolute atomic E-state index is 0.0444. The Balaban J connectivity index is 1.61. The molecule has 96 valence electrons. The summed E-state index contributed by atoms with van der Waals surface area (Å²) < 4.78 is 21.0. The Bertz CT molecular complexity index is 451. The topological polar surface area (TPSA) is 54.0 Å². The van der Waals surface area contributed by atoms with E-state index in [2.05, 4.69) is 0 Å². The van der Waals surface area contributed by atoms with Gasteiger partial charge in [0.1, 0.15) is 6.61 Å². The fraction of sp³-hybridized carbons (Fsp3) is 0.462. The van der Waals surface area contributed by atoms with Crippen molar-refractivity contribution in [3.63, 3.8) is 0 Å². The molecule has 1 saturated heterocycles. The van der Waals surface area contributed by atoms with Crippen molar-refractivity contribution in [3.8, 4) is 11.5 Å². The summed E-state index contributed by atoms with van der Waals surface area (Å²) in [7, 11) is 0. The van der Waals surface area contributed by atoms with Crippen molar-refractivity contribution >= 4 is 5.97 Å². The van der Waals surface area contributed by atoms with Crippen molar-refractivity contribution in [1.29, 1.82) is 0 Å². The first-order valence-electron chi connectivity index (χ1n) is 6.01. The van der Waals surface area contributed by atoms with Gasteiger partial charge in [-0.05, 0) is 31.0 Å². The minimum atomic E-state index is -0.358. The van der Waals surface area contributed by atoms with Gasteiger partial charge in [0.25, 0.3) is 0 Å². The summed E-state index contributed by atoms with van der Waals surface area (Å²) in [6.45, 7) is 1.27. The van der Waals surface area contributed by atoms with Gasteiger partial charge in [0.05, 0.1) is 11.7 Å². The van der Waals surface area contributed by atoms with Crippen LogP contribution in [0.3, 0.4) is 0 Å². The van der Waals surface area contributed by atoms with Crippen molar-refractivity contribution in [2.45, 2.75) is 18.9 Å². The third-order valence-electron chi connectivity index (χ3n) is 3.03. The van der Waals surface area contributed by atoms with Gasteiger partial charge in [-0.2, -0.15) is 0 Å². The predicted octanol–water partition coefficient (Wildman–Crippen LogP) is 1.75. The number of carbonyl (C=O) groups is 1. The molecule has 0 bridgehead atoms. The number of hydrogen-bond acceptors (Lipinski definition) is 5. The molecule has 1 aromatic carbocycles. The normalized spacial score (nSPS) is 21.0. The SMILES string of the molecule is O=C(OCC1CCCO1)c1ccc2c(c1)OCO2. The summed E-state index contributed by atoms with van der Waals surface area (Å²) in [5.41, 5.74) is 0.470. The second kappa shape index (κ2) is 4.86. The lowest BCUT2D eigenvalue weighted by Crippen LogP contribution is -2.17. The second-order valence-electron chi connectivity index (χ2n) is 4.30. The van der Waals surface area contributed by atoms with E-state index >= 15 is 0 Å². The van der Waals surface area contributed by atoms with Crippen LogP contribution in [0.15, 0.2) is 18.2 Å². The van der Waals surface area contributed by atoms with Gasteiger partial charge >= 0.3 is 5.97 Å². The van der Waals surface area contributed by atoms with E-state index < -0.39 is 0 Å². The summed E-state index contributed by atoms with van der Waals surface area (Å²) in [5.74, 6) is 0.885. The van der Waals surface area contributed by atoms with Crippen LogP contribution in [-0.2, 0) is 9.47 Å². The zero-order chi connectivity index (χ0) is 12.4. The van der Waals surface area contributed by atoms with Crippen LogP contribution in [0.4, 0.5) is 0 Å². The maximum Gasteiger partial charge on any atom is 0.338 e. The molecule has 3 rings (SSSR count). The molecule has 1 atom stereocenters. The van der Waals surface area contributed by atoms with Crippen molar-refractivity contribution in [3.05, 3.63) is 23.8 Å². The monoisotopic (exact) mass is 250 g/mol. The highest BCUT2D eigenvalue weighted by Crippen LogP contribution is 2.32. The third-order valence-corrected chi connectivity index (χ3v) is 3.03. The molecule has 1 fully saturated rings. The predicted molar refractivity (Wildman–Crippen MR) is 61.8 cm³/mol. The Morgan fingerprint density at radius 2 is 2.22 bits per heavy atom. The van der Waals surface area contributed by atoms with Gasteiger partial charge in [-0.25, -0.2) is 4.79 Å². The van der Waals surface area contributed by atoms with E-state index in [1.807, 2.05) is 0 Å². The molecule has 0 amide bonds. The summed E-state index contributed by atoms with van der Waals surface area (Å²) >= 11 is 0. The highest BCUT2D eigenvalue weighted by atomic mass is 16.7. The molecule has 1 unspecified atom stereocenters. The van der Waals surface area contributed by atoms with Crippen LogP contribution in [-0.4, -0.2) is 32.1 Å². The number of esters is 1. The van der Waals surface area contributed by atoms with Crippen molar-refractivity contribution in [1.82, 2.24) is 0 Å². The maximum atomic E-state index is 11.8. The number of benzene rings is 1. The Labute approximate surface area is 105 Å². The van der Waals surface area contributed by atoms with Crippen LogP contribution in [0.1, 0.15) is 23.2 Å². The van der Waals surface area contributed by atoms with Gasteiger partial charge in [0.15, 0.2) is 11.5 Å². The number of rotatable bonds is 3. The lowest BCUT2D eigenvalue weighted by atomic mass is 10.2. The molecule has 0 spiro atoms. The average molecular weight is 250 g/mol. The highest BCUT2D eigenvalue weighted by molar-refractivity contribution is 5.90. The first-order valence-corrected chi connectivity index (χ1v) is 6.01. The number of ether oxygens (including phenoxy) is 4. The Hall–Kier alpha value is -1.75. The van der Waals surface area contributed by atoms with E-state index in [0.29, 0.717) is 23.7 Å². The smallest absolute Gasteiger partial charge is 0.338 e. The third kappa shape index (κ3) is 2.26. The molecule has 18 heavy (non-hydrogen) atoms. The lowest BCUT2D eigenvalue weighted by molar-refractivity contribution is 0.0161. The van der Waals surface area contributed by atoms with Crippen LogP contribution < -0.4 is 9.47 Å². The molecule has 0 saturated carbocycles. The molecule has 0 N–H and O–H groups in total. The molecule has 2 aliphatic rings. The van der Waals surface area contributed by atoms with E-state index in [0.717, 1.165) is 19.4 Å². The van der Waals surface area contributed by atoms with E-state index in [4.69, 9.17) is 18.9 Å². The average Bonchev–Trinajstić information content (AvgIpc) is 3.05. The zero-order valence-corrected chi connectivity index (χ0v) is 9.89. The summed E-state index contributed by atoms with van der Waals surface area (Å²) in [4.78, 5) is 11.8. The van der Waals surface area contributed by atoms with E-state index in [1.54, 1.807) is 18.2 Å². The van der Waals surface area contributed by atoms with Crippen molar-refractivity contribution in [2.24, 2.45) is 0 Å². The van der Waals surface area contributed by atoms with Gasteiger partial charge in [0, 0.05) is 6.61 Å². The quantitative estimate of drug-likeness (QED) is 0.765. The van der Waals surface area contributed by atoms with Crippen molar-refractivity contribution < 1.29 is 23.7 Å². The molecule has 5 nitrogen and oxygen atoms in total. The molecule has 0 aliphatic carbocycles. The van der Waals surface area contributed by atoms with Crippen LogP contribution in [0, 0.1) is 0 Å². The van der Waals surface area contributed by atoms with Crippen molar-refractivity contribution in [2.75, 3.05) is 20.0 Å². The molecule has 2 heterocycles. The summed E-state index contributed by atoms with van der Waals surface area (Å²) in [6.07, 6.45) is 2.03. The Kier molecular flexibility index (Phi) is 3.06. The standard InChI is InChI=1S/C13H14O5/c14-13(16-7-10-2-1-5-15-10)9-3-4-11-12(6-9)18-8-17-11/h3-4,6,10H,1-2,5,7-8H2. The fourth-order valence-corrected chi connectivity index (χ4v) is 2.05. The largest absolute Gasteiger partial charge is 0.459 e. The number of hydrogen-bond donors (Lipinski definition) is 0. The van der Waals surface area contributed by atoms with Gasteiger partial charge < -0.3 is 18.9 Å². The van der Waals surface area contributed by atoms with Gasteiger partial charge in [-0.15, -0.1) is 0 Å². The van der Waals surface area contributed by atoms with Gasteiger partial charge in [-0.3, -0.25) is 0 Å². The maximum absolute atomic E-state index is 11.8. The highest BCUT2D eigenvalue weighted by Gasteiger charge is 2.20. The zero-order valence-electron chi connectivity index (χ0n) is 9.89. The van der Waals surface area contributed by atoms with Crippen LogP contribution >= 0.6 is 0 Å².